The quantitative estimate of drug-likeness (QED) is 0.872. The topological polar surface area (TPSA) is 64.7 Å². The molecule has 6 heteroatoms. The molecule has 1 atom stereocenters. The highest BCUT2D eigenvalue weighted by Gasteiger charge is 2.23. The second kappa shape index (κ2) is 8.53. The van der Waals surface area contributed by atoms with Crippen molar-refractivity contribution in [2.75, 3.05) is 33.2 Å². The Bertz CT molecular complexity index is 521. The van der Waals surface area contributed by atoms with Gasteiger partial charge in [0.05, 0.1) is 6.54 Å². The average Bonchev–Trinajstić information content (AvgIpc) is 2.76. The van der Waals surface area contributed by atoms with E-state index in [-0.39, 0.29) is 18.5 Å². The van der Waals surface area contributed by atoms with Crippen LogP contribution in [0.5, 0.6) is 0 Å². The van der Waals surface area contributed by atoms with Crippen LogP contribution in [0.1, 0.15) is 18.9 Å². The molecule has 1 aromatic rings. The van der Waals surface area contributed by atoms with Crippen molar-refractivity contribution in [3.05, 3.63) is 35.9 Å². The zero-order valence-electron chi connectivity index (χ0n) is 13.9. The lowest BCUT2D eigenvalue weighted by Gasteiger charge is -2.26. The molecule has 0 unspecified atom stereocenters. The van der Waals surface area contributed by atoms with Gasteiger partial charge in [-0.1, -0.05) is 30.3 Å². The number of benzene rings is 1. The van der Waals surface area contributed by atoms with Crippen LogP contribution >= 0.6 is 0 Å². The lowest BCUT2D eigenvalue weighted by Crippen LogP contribution is -2.44. The number of carbonyl (C=O) groups excluding carboxylic acids is 2. The van der Waals surface area contributed by atoms with Crippen LogP contribution in [-0.2, 0) is 11.3 Å². The summed E-state index contributed by atoms with van der Waals surface area (Å²) in [6.07, 6.45) is 0.943. The van der Waals surface area contributed by atoms with Crippen LogP contribution in [0.4, 0.5) is 4.79 Å². The SMILES string of the molecule is CNC(=O)NCC(=O)N1CC[C@@H](C)N(Cc2ccccc2)CC1. The zero-order valence-corrected chi connectivity index (χ0v) is 13.9. The Morgan fingerprint density at radius 1 is 1.17 bits per heavy atom. The van der Waals surface area contributed by atoms with Gasteiger partial charge in [0.25, 0.3) is 0 Å². The smallest absolute Gasteiger partial charge is 0.314 e. The van der Waals surface area contributed by atoms with Gasteiger partial charge in [0, 0.05) is 39.3 Å². The monoisotopic (exact) mass is 318 g/mol. The number of nitrogens with zero attached hydrogens (tertiary/aromatic N) is 2. The lowest BCUT2D eigenvalue weighted by atomic mass is 10.1. The van der Waals surface area contributed by atoms with Crippen molar-refractivity contribution in [3.8, 4) is 0 Å². The second-order valence-electron chi connectivity index (χ2n) is 5.91. The first-order valence-electron chi connectivity index (χ1n) is 8.11. The van der Waals surface area contributed by atoms with Gasteiger partial charge in [0.1, 0.15) is 0 Å². The molecule has 1 saturated heterocycles. The Balaban J connectivity index is 1.87. The minimum absolute atomic E-state index is 0.0256. The Hall–Kier alpha value is -2.08. The number of urea groups is 1. The molecule has 1 aliphatic heterocycles. The van der Waals surface area contributed by atoms with E-state index in [1.54, 1.807) is 0 Å². The van der Waals surface area contributed by atoms with Crippen molar-refractivity contribution < 1.29 is 9.59 Å². The van der Waals surface area contributed by atoms with Crippen LogP contribution in [0.2, 0.25) is 0 Å². The van der Waals surface area contributed by atoms with Crippen LogP contribution < -0.4 is 10.6 Å². The molecule has 23 heavy (non-hydrogen) atoms. The van der Waals surface area contributed by atoms with E-state index in [1.165, 1.54) is 12.6 Å². The normalized spacial score (nSPS) is 19.0. The summed E-state index contributed by atoms with van der Waals surface area (Å²) >= 11 is 0. The third-order valence-electron chi connectivity index (χ3n) is 4.31. The molecule has 0 aliphatic carbocycles. The molecule has 6 nitrogen and oxygen atoms in total. The highest BCUT2D eigenvalue weighted by atomic mass is 16.2. The van der Waals surface area contributed by atoms with E-state index < -0.39 is 0 Å². The average molecular weight is 318 g/mol. The van der Waals surface area contributed by atoms with E-state index >= 15 is 0 Å². The van der Waals surface area contributed by atoms with Crippen LogP contribution in [0.3, 0.4) is 0 Å². The summed E-state index contributed by atoms with van der Waals surface area (Å²) in [6.45, 7) is 5.45. The van der Waals surface area contributed by atoms with Crippen molar-refractivity contribution in [2.24, 2.45) is 0 Å². The van der Waals surface area contributed by atoms with Crippen molar-refractivity contribution in [1.29, 1.82) is 0 Å². The highest BCUT2D eigenvalue weighted by Crippen LogP contribution is 2.14. The van der Waals surface area contributed by atoms with Crippen LogP contribution in [0, 0.1) is 0 Å². The molecule has 3 amide bonds. The predicted molar refractivity (Wildman–Crippen MR) is 90.0 cm³/mol. The molecule has 1 heterocycles. The largest absolute Gasteiger partial charge is 0.341 e. The molecule has 2 N–H and O–H groups in total. The van der Waals surface area contributed by atoms with Gasteiger partial charge in [-0.2, -0.15) is 0 Å². The fourth-order valence-electron chi connectivity index (χ4n) is 2.76. The maximum atomic E-state index is 12.2. The first-order chi connectivity index (χ1) is 11.1. The molecular formula is C17H26N4O2. The second-order valence-corrected chi connectivity index (χ2v) is 5.91. The lowest BCUT2D eigenvalue weighted by molar-refractivity contribution is -0.129. The van der Waals surface area contributed by atoms with Crippen molar-refractivity contribution in [1.82, 2.24) is 20.4 Å². The van der Waals surface area contributed by atoms with Gasteiger partial charge in [-0.25, -0.2) is 4.79 Å². The fourth-order valence-corrected chi connectivity index (χ4v) is 2.76. The molecule has 0 radical (unpaired) electrons. The molecular weight excluding hydrogens is 292 g/mol. The van der Waals surface area contributed by atoms with Gasteiger partial charge >= 0.3 is 6.03 Å². The number of nitrogens with one attached hydrogen (secondary N) is 2. The van der Waals surface area contributed by atoms with E-state index in [4.69, 9.17) is 0 Å². The fraction of sp³-hybridized carbons (Fsp3) is 0.529. The number of hydrogen-bond donors (Lipinski definition) is 2. The van der Waals surface area contributed by atoms with Crippen molar-refractivity contribution in [3.63, 3.8) is 0 Å². The Labute approximate surface area is 137 Å². The molecule has 1 aromatic carbocycles. The Kier molecular flexibility index (Phi) is 6.40. The first-order valence-corrected chi connectivity index (χ1v) is 8.11. The number of amides is 3. The van der Waals surface area contributed by atoms with Crippen molar-refractivity contribution in [2.45, 2.75) is 25.9 Å². The molecule has 0 saturated carbocycles. The summed E-state index contributed by atoms with van der Waals surface area (Å²) in [6, 6.07) is 10.5. The summed E-state index contributed by atoms with van der Waals surface area (Å²) < 4.78 is 0. The molecule has 0 aromatic heterocycles. The number of rotatable bonds is 4. The zero-order chi connectivity index (χ0) is 16.7. The third kappa shape index (κ3) is 5.25. The summed E-state index contributed by atoms with van der Waals surface area (Å²) in [5.74, 6) is -0.0256. The van der Waals surface area contributed by atoms with E-state index in [1.807, 2.05) is 11.0 Å². The molecule has 126 valence electrons. The molecule has 1 aliphatic rings. The van der Waals surface area contributed by atoms with Gasteiger partial charge in [-0.05, 0) is 18.9 Å². The molecule has 1 fully saturated rings. The van der Waals surface area contributed by atoms with Crippen molar-refractivity contribution >= 4 is 11.9 Å². The van der Waals surface area contributed by atoms with E-state index in [0.717, 1.165) is 26.1 Å². The number of carbonyl (C=O) groups is 2. The van der Waals surface area contributed by atoms with Crippen LogP contribution in [0.25, 0.3) is 0 Å². The van der Waals surface area contributed by atoms with Crippen LogP contribution in [0.15, 0.2) is 30.3 Å². The third-order valence-corrected chi connectivity index (χ3v) is 4.31. The minimum atomic E-state index is -0.327. The summed E-state index contributed by atoms with van der Waals surface area (Å²) in [7, 11) is 1.54. The summed E-state index contributed by atoms with van der Waals surface area (Å²) in [5, 5.41) is 5.01. The van der Waals surface area contributed by atoms with E-state index in [9.17, 15) is 9.59 Å². The summed E-state index contributed by atoms with van der Waals surface area (Å²) in [4.78, 5) is 27.6. The summed E-state index contributed by atoms with van der Waals surface area (Å²) in [5.41, 5.74) is 1.29. The predicted octanol–water partition coefficient (Wildman–Crippen LogP) is 1.04. The molecule has 0 spiro atoms. The van der Waals surface area contributed by atoms with E-state index in [2.05, 4.69) is 46.7 Å². The van der Waals surface area contributed by atoms with E-state index in [0.29, 0.717) is 12.6 Å². The number of hydrogen-bond acceptors (Lipinski definition) is 3. The molecule has 0 bridgehead atoms. The van der Waals surface area contributed by atoms with Gasteiger partial charge < -0.3 is 15.5 Å². The Morgan fingerprint density at radius 3 is 2.61 bits per heavy atom. The molecule has 2 rings (SSSR count). The van der Waals surface area contributed by atoms with Gasteiger partial charge in [0.15, 0.2) is 0 Å². The minimum Gasteiger partial charge on any atom is -0.341 e. The Morgan fingerprint density at radius 2 is 1.91 bits per heavy atom. The van der Waals surface area contributed by atoms with Gasteiger partial charge in [-0.3, -0.25) is 9.69 Å². The van der Waals surface area contributed by atoms with Gasteiger partial charge in [0.2, 0.25) is 5.91 Å². The maximum absolute atomic E-state index is 12.2. The first kappa shape index (κ1) is 17.3. The standard InChI is InChI=1S/C17H26N4O2/c1-14-8-9-20(16(22)12-19-17(23)18-2)10-11-21(14)13-15-6-4-3-5-7-15/h3-7,14H,8-13H2,1-2H3,(H2,18,19,23)/t14-/m1/s1. The van der Waals surface area contributed by atoms with Gasteiger partial charge in [-0.15, -0.1) is 0 Å². The highest BCUT2D eigenvalue weighted by molar-refractivity contribution is 5.83. The maximum Gasteiger partial charge on any atom is 0.314 e. The van der Waals surface area contributed by atoms with Crippen LogP contribution in [-0.4, -0.2) is 61.0 Å².